The fourth-order valence-corrected chi connectivity index (χ4v) is 0.492. The maximum Gasteiger partial charge on any atom is 0.391 e. The summed E-state index contributed by atoms with van der Waals surface area (Å²) < 4.78 is 34.7. The van der Waals surface area contributed by atoms with Crippen molar-refractivity contribution < 1.29 is 23.1 Å². The molecule has 1 atom stereocenters. The van der Waals surface area contributed by atoms with E-state index >= 15 is 0 Å². The maximum atomic E-state index is 11.6. The van der Waals surface area contributed by atoms with Crippen molar-refractivity contribution in [1.82, 2.24) is 0 Å². The quantitative estimate of drug-likeness (QED) is 0.644. The van der Waals surface area contributed by atoms with Crippen LogP contribution in [-0.4, -0.2) is 22.8 Å². The highest BCUT2D eigenvalue weighted by atomic mass is 19.4. The summed E-state index contributed by atoms with van der Waals surface area (Å²) in [5.41, 5.74) is 2.60. The Bertz CT molecular complexity index is 164. The second kappa shape index (κ2) is 2.69. The Kier molecular flexibility index (Phi) is 2.50. The van der Waals surface area contributed by atoms with Crippen molar-refractivity contribution in [3.05, 3.63) is 0 Å². The number of aliphatic carboxylic acids is 1. The number of hydrogen-bond donors (Lipinski definition) is 2. The van der Waals surface area contributed by atoms with Crippen molar-refractivity contribution in [2.45, 2.75) is 25.1 Å². The van der Waals surface area contributed by atoms with Crippen LogP contribution in [0, 0.1) is 0 Å². The monoisotopic (exact) mass is 171 g/mol. The molecule has 0 saturated carbocycles. The molecule has 6 heteroatoms. The van der Waals surface area contributed by atoms with Gasteiger partial charge >= 0.3 is 12.1 Å². The van der Waals surface area contributed by atoms with Gasteiger partial charge in [-0.15, -0.1) is 0 Å². The summed E-state index contributed by atoms with van der Waals surface area (Å²) in [7, 11) is 0. The smallest absolute Gasteiger partial charge is 0.391 e. The Hall–Kier alpha value is -0.780. The predicted molar refractivity (Wildman–Crippen MR) is 30.9 cm³/mol. The molecule has 3 N–H and O–H groups in total. The number of nitrogens with two attached hydrogens (primary N) is 1. The van der Waals surface area contributed by atoms with E-state index in [-0.39, 0.29) is 0 Å². The van der Waals surface area contributed by atoms with Crippen molar-refractivity contribution in [2.24, 2.45) is 5.73 Å². The Morgan fingerprint density at radius 2 is 1.91 bits per heavy atom. The highest BCUT2D eigenvalue weighted by molar-refractivity contribution is 5.77. The minimum Gasteiger partial charge on any atom is -0.480 e. The van der Waals surface area contributed by atoms with Gasteiger partial charge in [0.05, 0.1) is 6.42 Å². The van der Waals surface area contributed by atoms with Crippen LogP contribution in [0.3, 0.4) is 0 Å². The molecule has 0 radical (unpaired) electrons. The van der Waals surface area contributed by atoms with Crippen LogP contribution in [0.2, 0.25) is 0 Å². The Labute approximate surface area is 61.0 Å². The number of alkyl halides is 3. The molecule has 0 saturated heterocycles. The molecular weight excluding hydrogens is 163 g/mol. The lowest BCUT2D eigenvalue weighted by Gasteiger charge is -2.20. The van der Waals surface area contributed by atoms with Gasteiger partial charge in [0, 0.05) is 0 Å². The normalized spacial score (nSPS) is 17.5. The average Bonchev–Trinajstić information content (AvgIpc) is 1.56. The lowest BCUT2D eigenvalue weighted by molar-refractivity contribution is -0.165. The van der Waals surface area contributed by atoms with Gasteiger partial charge in [-0.1, -0.05) is 0 Å². The molecule has 0 amide bonds. The van der Waals surface area contributed by atoms with Gasteiger partial charge in [-0.2, -0.15) is 13.2 Å². The van der Waals surface area contributed by atoms with E-state index in [0.29, 0.717) is 0 Å². The van der Waals surface area contributed by atoms with Crippen LogP contribution < -0.4 is 5.73 Å². The van der Waals surface area contributed by atoms with Crippen LogP contribution in [0.25, 0.3) is 0 Å². The Morgan fingerprint density at radius 3 is 2.00 bits per heavy atom. The van der Waals surface area contributed by atoms with Crippen LogP contribution >= 0.6 is 0 Å². The Morgan fingerprint density at radius 1 is 1.55 bits per heavy atom. The van der Waals surface area contributed by atoms with E-state index < -0.39 is 24.1 Å². The molecule has 66 valence electrons. The third kappa shape index (κ3) is 3.82. The zero-order valence-electron chi connectivity index (χ0n) is 5.77. The van der Waals surface area contributed by atoms with Gasteiger partial charge < -0.3 is 10.8 Å². The first-order chi connectivity index (χ1) is 4.65. The van der Waals surface area contributed by atoms with Gasteiger partial charge in [0.2, 0.25) is 0 Å². The first-order valence-corrected chi connectivity index (χ1v) is 2.74. The minimum absolute atomic E-state index is 0.822. The molecule has 0 aromatic heterocycles. The highest BCUT2D eigenvalue weighted by Gasteiger charge is 2.41. The van der Waals surface area contributed by atoms with Crippen molar-refractivity contribution in [1.29, 1.82) is 0 Å². The first-order valence-electron chi connectivity index (χ1n) is 2.74. The number of carbonyl (C=O) groups is 1. The number of carboxylic acid groups (broad SMARTS) is 1. The molecule has 0 aliphatic heterocycles. The van der Waals surface area contributed by atoms with Gasteiger partial charge in [-0.3, -0.25) is 4.79 Å². The van der Waals surface area contributed by atoms with E-state index in [4.69, 9.17) is 10.8 Å². The summed E-state index contributed by atoms with van der Waals surface area (Å²) in [6, 6.07) is 0. The van der Waals surface area contributed by atoms with Crippen LogP contribution in [0.4, 0.5) is 13.2 Å². The second-order valence-corrected chi connectivity index (χ2v) is 2.51. The van der Waals surface area contributed by atoms with E-state index in [1.54, 1.807) is 0 Å². The molecule has 11 heavy (non-hydrogen) atoms. The summed E-state index contributed by atoms with van der Waals surface area (Å²) in [5, 5.41) is 8.18. The first kappa shape index (κ1) is 10.2. The molecule has 0 aromatic carbocycles. The maximum absolute atomic E-state index is 11.6. The molecular formula is C5H8F3NO2. The van der Waals surface area contributed by atoms with Crippen molar-refractivity contribution in [3.63, 3.8) is 0 Å². The van der Waals surface area contributed by atoms with Gasteiger partial charge in [0.25, 0.3) is 0 Å². The fraction of sp³-hybridized carbons (Fsp3) is 0.800. The van der Waals surface area contributed by atoms with Crippen molar-refractivity contribution >= 4 is 5.97 Å². The fourth-order valence-electron chi connectivity index (χ4n) is 0.492. The summed E-state index contributed by atoms with van der Waals surface area (Å²) in [6.45, 7) is 0.822. The Balaban J connectivity index is 4.25. The van der Waals surface area contributed by atoms with Crippen molar-refractivity contribution in [3.8, 4) is 0 Å². The molecule has 0 rings (SSSR count). The lowest BCUT2D eigenvalue weighted by atomic mass is 10.00. The van der Waals surface area contributed by atoms with Crippen LogP contribution in [0.15, 0.2) is 0 Å². The van der Waals surface area contributed by atoms with Gasteiger partial charge in [0.1, 0.15) is 5.54 Å². The zero-order valence-corrected chi connectivity index (χ0v) is 5.77. The molecule has 0 aromatic rings. The van der Waals surface area contributed by atoms with E-state index in [0.717, 1.165) is 6.92 Å². The molecule has 0 aliphatic rings. The van der Waals surface area contributed by atoms with Crippen LogP contribution in [0.5, 0.6) is 0 Å². The lowest BCUT2D eigenvalue weighted by Crippen LogP contribution is -2.48. The SMILES string of the molecule is C[C@](N)(CC(F)(F)F)C(=O)O. The summed E-state index contributed by atoms with van der Waals surface area (Å²) in [6.07, 6.45) is -6.06. The number of rotatable bonds is 2. The topological polar surface area (TPSA) is 63.3 Å². The third-order valence-electron chi connectivity index (χ3n) is 1.06. The van der Waals surface area contributed by atoms with E-state index in [1.165, 1.54) is 0 Å². The molecule has 0 heterocycles. The number of carboxylic acids is 1. The van der Waals surface area contributed by atoms with Gasteiger partial charge in [-0.05, 0) is 6.92 Å². The standard InChI is InChI=1S/C5H8F3NO2/c1-4(9,3(10)11)2-5(6,7)8/h2,9H2,1H3,(H,10,11)/t4-/m0/s1. The summed E-state index contributed by atoms with van der Waals surface area (Å²) in [5.74, 6) is -1.66. The minimum atomic E-state index is -4.54. The van der Waals surface area contributed by atoms with Crippen molar-refractivity contribution in [2.75, 3.05) is 0 Å². The molecule has 0 aliphatic carbocycles. The molecule has 0 unspecified atom stereocenters. The highest BCUT2D eigenvalue weighted by Crippen LogP contribution is 2.25. The van der Waals surface area contributed by atoms with E-state index in [1.807, 2.05) is 0 Å². The number of halogens is 3. The molecule has 3 nitrogen and oxygen atoms in total. The van der Waals surface area contributed by atoms with Gasteiger partial charge in [-0.25, -0.2) is 0 Å². The van der Waals surface area contributed by atoms with E-state index in [2.05, 4.69) is 0 Å². The number of hydrogen-bond acceptors (Lipinski definition) is 2. The summed E-state index contributed by atoms with van der Waals surface area (Å²) >= 11 is 0. The average molecular weight is 171 g/mol. The molecule has 0 spiro atoms. The van der Waals surface area contributed by atoms with Crippen LogP contribution in [-0.2, 0) is 4.79 Å². The summed E-state index contributed by atoms with van der Waals surface area (Å²) in [4.78, 5) is 10.1. The zero-order chi connectivity index (χ0) is 9.28. The van der Waals surface area contributed by atoms with Crippen LogP contribution in [0.1, 0.15) is 13.3 Å². The predicted octanol–water partition coefficient (Wildman–Crippen LogP) is 0.741. The second-order valence-electron chi connectivity index (χ2n) is 2.51. The third-order valence-corrected chi connectivity index (χ3v) is 1.06. The molecule has 0 fully saturated rings. The van der Waals surface area contributed by atoms with E-state index in [9.17, 15) is 18.0 Å². The molecule has 0 bridgehead atoms. The van der Waals surface area contributed by atoms with Gasteiger partial charge in [0.15, 0.2) is 0 Å². The largest absolute Gasteiger partial charge is 0.480 e.